The molecule has 0 aliphatic rings. The van der Waals surface area contributed by atoms with Gasteiger partial charge < -0.3 is 9.26 Å². The first-order chi connectivity index (χ1) is 11.6. The number of carbonyl (C=O) groups is 1. The molecule has 1 aromatic carbocycles. The molecule has 0 radical (unpaired) electrons. The Bertz CT molecular complexity index is 579. The zero-order valence-electron chi connectivity index (χ0n) is 16.2. The summed E-state index contributed by atoms with van der Waals surface area (Å²) in [6.45, 7) is 11.7. The van der Waals surface area contributed by atoms with Crippen molar-refractivity contribution in [3.05, 3.63) is 30.3 Å². The number of rotatable bonds is 9. The molecule has 6 heteroatoms. The molecule has 0 saturated carbocycles. The van der Waals surface area contributed by atoms with Gasteiger partial charge in [0.2, 0.25) is 0 Å². The van der Waals surface area contributed by atoms with Crippen molar-refractivity contribution in [1.29, 1.82) is 0 Å². The highest BCUT2D eigenvalue weighted by molar-refractivity contribution is 7.59. The van der Waals surface area contributed by atoms with Gasteiger partial charge in [-0.3, -0.25) is 9.36 Å². The molecule has 0 aliphatic heterocycles. The number of nitrogens with one attached hydrogen (secondary N) is 1. The molecule has 142 valence electrons. The van der Waals surface area contributed by atoms with Gasteiger partial charge in [0.15, 0.2) is 0 Å². The van der Waals surface area contributed by atoms with Gasteiger partial charge in [-0.15, -0.1) is 0 Å². The van der Waals surface area contributed by atoms with Crippen LogP contribution < -0.4 is 9.61 Å². The smallest absolute Gasteiger partial charge is 0.323 e. The molecule has 1 rings (SSSR count). The van der Waals surface area contributed by atoms with Crippen molar-refractivity contribution in [2.75, 3.05) is 6.61 Å². The fourth-order valence-electron chi connectivity index (χ4n) is 2.14. The minimum absolute atomic E-state index is 0.353. The standard InChI is InChI=1S/C19H32NO4P/c1-7-16(8-2)14-23-18(21)15(3)20-25(22,19(4,5)6)24-17-12-10-9-11-13-17/h9-13,15-16H,7-8,14H2,1-6H3,(H,20,22)/t15-,25-/m0/s1. The van der Waals surface area contributed by atoms with E-state index in [9.17, 15) is 9.36 Å². The third-order valence-corrected chi connectivity index (χ3v) is 7.15. The Hall–Kier alpha value is -1.32. The monoisotopic (exact) mass is 369 g/mol. The zero-order valence-corrected chi connectivity index (χ0v) is 17.1. The molecule has 0 heterocycles. The van der Waals surface area contributed by atoms with E-state index in [0.29, 0.717) is 18.3 Å². The maximum Gasteiger partial charge on any atom is 0.323 e. The van der Waals surface area contributed by atoms with Gasteiger partial charge in [0.05, 0.1) is 11.8 Å². The highest BCUT2D eigenvalue weighted by Crippen LogP contribution is 2.55. The fraction of sp³-hybridized carbons (Fsp3) is 0.632. The summed E-state index contributed by atoms with van der Waals surface area (Å²) in [5, 5.41) is 2.23. The molecule has 1 N–H and O–H groups in total. The van der Waals surface area contributed by atoms with Crippen LogP contribution >= 0.6 is 7.52 Å². The van der Waals surface area contributed by atoms with Gasteiger partial charge >= 0.3 is 13.5 Å². The molecule has 0 bridgehead atoms. The average molecular weight is 369 g/mol. The number of esters is 1. The van der Waals surface area contributed by atoms with Gasteiger partial charge in [-0.05, 0) is 45.7 Å². The second-order valence-corrected chi connectivity index (χ2v) is 10.2. The van der Waals surface area contributed by atoms with E-state index in [1.54, 1.807) is 19.1 Å². The number of ether oxygens (including phenoxy) is 1. The summed E-state index contributed by atoms with van der Waals surface area (Å²) in [7, 11) is -3.35. The zero-order chi connectivity index (χ0) is 19.1. The van der Waals surface area contributed by atoms with Gasteiger partial charge in [-0.2, -0.15) is 0 Å². The van der Waals surface area contributed by atoms with Crippen molar-refractivity contribution < 1.29 is 18.6 Å². The van der Waals surface area contributed by atoms with E-state index in [1.807, 2.05) is 39.0 Å². The third kappa shape index (κ3) is 6.48. The van der Waals surface area contributed by atoms with E-state index < -0.39 is 24.7 Å². The average Bonchev–Trinajstić information content (AvgIpc) is 2.55. The molecular formula is C19H32NO4P. The van der Waals surface area contributed by atoms with Gasteiger partial charge in [0, 0.05) is 0 Å². The second-order valence-electron chi connectivity index (χ2n) is 7.29. The van der Waals surface area contributed by atoms with E-state index in [0.717, 1.165) is 12.8 Å². The maximum absolute atomic E-state index is 13.4. The fourth-order valence-corrected chi connectivity index (χ4v) is 3.89. The summed E-state index contributed by atoms with van der Waals surface area (Å²) in [5.74, 6) is 0.449. The Morgan fingerprint density at radius 2 is 1.72 bits per heavy atom. The summed E-state index contributed by atoms with van der Waals surface area (Å²) in [4.78, 5) is 12.3. The minimum Gasteiger partial charge on any atom is -0.464 e. The predicted molar refractivity (Wildman–Crippen MR) is 102 cm³/mol. The highest BCUT2D eigenvalue weighted by atomic mass is 31.2. The highest BCUT2D eigenvalue weighted by Gasteiger charge is 2.42. The Balaban J connectivity index is 2.81. The molecule has 25 heavy (non-hydrogen) atoms. The lowest BCUT2D eigenvalue weighted by Crippen LogP contribution is -2.40. The molecule has 1 aromatic rings. The van der Waals surface area contributed by atoms with Crippen molar-refractivity contribution in [3.8, 4) is 5.75 Å². The van der Waals surface area contributed by atoms with Crippen LogP contribution in [-0.4, -0.2) is 23.8 Å². The van der Waals surface area contributed by atoms with Crippen LogP contribution in [0.15, 0.2) is 30.3 Å². The maximum atomic E-state index is 13.4. The quantitative estimate of drug-likeness (QED) is 0.489. The number of benzene rings is 1. The van der Waals surface area contributed by atoms with E-state index in [-0.39, 0.29) is 0 Å². The van der Waals surface area contributed by atoms with E-state index in [1.165, 1.54) is 0 Å². The Labute approximate surface area is 152 Å². The second kappa shape index (κ2) is 9.40. The number of para-hydroxylation sites is 1. The van der Waals surface area contributed by atoms with Crippen LogP contribution in [0.2, 0.25) is 0 Å². The van der Waals surface area contributed by atoms with Crippen LogP contribution in [0.3, 0.4) is 0 Å². The molecular weight excluding hydrogens is 337 g/mol. The Kier molecular flexibility index (Phi) is 8.17. The SMILES string of the molecule is CCC(CC)COC(=O)[C@H](C)N[P@@](=O)(Oc1ccccc1)C(C)(C)C. The van der Waals surface area contributed by atoms with Crippen LogP contribution in [0, 0.1) is 5.92 Å². The summed E-state index contributed by atoms with van der Waals surface area (Å²) < 4.78 is 24.6. The van der Waals surface area contributed by atoms with Gasteiger partial charge in [0.1, 0.15) is 11.8 Å². The molecule has 2 atom stereocenters. The Morgan fingerprint density at radius 3 is 2.20 bits per heavy atom. The molecule has 5 nitrogen and oxygen atoms in total. The van der Waals surface area contributed by atoms with Crippen molar-refractivity contribution in [2.24, 2.45) is 5.92 Å². The van der Waals surface area contributed by atoms with Crippen molar-refractivity contribution in [3.63, 3.8) is 0 Å². The van der Waals surface area contributed by atoms with E-state index >= 15 is 0 Å². The van der Waals surface area contributed by atoms with Crippen LogP contribution in [0.1, 0.15) is 54.4 Å². The van der Waals surface area contributed by atoms with Crippen molar-refractivity contribution >= 4 is 13.5 Å². The summed E-state index contributed by atoms with van der Waals surface area (Å²) >= 11 is 0. The molecule has 0 aliphatic carbocycles. The molecule has 0 amide bonds. The topological polar surface area (TPSA) is 64.6 Å². The largest absolute Gasteiger partial charge is 0.464 e. The molecule has 0 saturated heterocycles. The minimum atomic E-state index is -3.35. The molecule has 0 aromatic heterocycles. The lowest BCUT2D eigenvalue weighted by molar-refractivity contribution is -0.146. The first-order valence-corrected chi connectivity index (χ1v) is 10.5. The Morgan fingerprint density at radius 1 is 1.16 bits per heavy atom. The van der Waals surface area contributed by atoms with Gasteiger partial charge in [-0.25, -0.2) is 5.09 Å². The summed E-state index contributed by atoms with van der Waals surface area (Å²) in [6.07, 6.45) is 1.92. The van der Waals surface area contributed by atoms with Gasteiger partial charge in [0.25, 0.3) is 0 Å². The number of hydrogen-bond acceptors (Lipinski definition) is 4. The van der Waals surface area contributed by atoms with Crippen LogP contribution in [-0.2, 0) is 14.1 Å². The van der Waals surface area contributed by atoms with Crippen LogP contribution in [0.5, 0.6) is 5.75 Å². The molecule has 0 fully saturated rings. The van der Waals surface area contributed by atoms with Crippen molar-refractivity contribution in [2.45, 2.75) is 65.6 Å². The van der Waals surface area contributed by atoms with Crippen molar-refractivity contribution in [1.82, 2.24) is 5.09 Å². The first-order valence-electron chi connectivity index (χ1n) is 8.92. The molecule has 0 unspecified atom stereocenters. The normalized spacial score (nSPS) is 15.5. The number of carbonyl (C=O) groups excluding carboxylic acids is 1. The lowest BCUT2D eigenvalue weighted by atomic mass is 10.1. The van der Waals surface area contributed by atoms with Gasteiger partial charge in [-0.1, -0.05) is 44.9 Å². The van der Waals surface area contributed by atoms with Crippen LogP contribution in [0.4, 0.5) is 0 Å². The third-order valence-electron chi connectivity index (χ3n) is 4.19. The molecule has 0 spiro atoms. The lowest BCUT2D eigenvalue weighted by Gasteiger charge is -2.33. The van der Waals surface area contributed by atoms with E-state index in [2.05, 4.69) is 18.9 Å². The first kappa shape index (κ1) is 21.7. The van der Waals surface area contributed by atoms with E-state index in [4.69, 9.17) is 9.26 Å². The summed E-state index contributed by atoms with van der Waals surface area (Å²) in [6, 6.07) is 8.26. The predicted octanol–water partition coefficient (Wildman–Crippen LogP) is 5.01. The number of hydrogen-bond donors (Lipinski definition) is 1. The van der Waals surface area contributed by atoms with Crippen LogP contribution in [0.25, 0.3) is 0 Å². The summed E-state index contributed by atoms with van der Waals surface area (Å²) in [5.41, 5.74) is 0.